The number of alkyl halides is 3. The lowest BCUT2D eigenvalue weighted by atomic mass is 10.1. The third-order valence-electron chi connectivity index (χ3n) is 3.14. The minimum Gasteiger partial charge on any atom is -0.324 e. The Morgan fingerprint density at radius 1 is 1.25 bits per heavy atom. The van der Waals surface area contributed by atoms with Crippen LogP contribution in [0.5, 0.6) is 0 Å². The molecule has 1 atom stereocenters. The predicted octanol–water partition coefficient (Wildman–Crippen LogP) is 3.53. The molecule has 20 heavy (non-hydrogen) atoms. The van der Waals surface area contributed by atoms with Gasteiger partial charge in [-0.25, -0.2) is 4.68 Å². The number of nitrogens with zero attached hydrogens (tertiary/aromatic N) is 2. The average Bonchev–Trinajstić information content (AvgIpc) is 2.73. The number of hydrogen-bond acceptors (Lipinski definition) is 2. The minimum atomic E-state index is -4.50. The molecule has 1 aromatic carbocycles. The molecule has 0 radical (unpaired) electrons. The lowest BCUT2D eigenvalue weighted by Crippen LogP contribution is -2.19. The number of aryl methyl sites for hydroxylation is 2. The van der Waals surface area contributed by atoms with Crippen LogP contribution in [0.2, 0.25) is 0 Å². The van der Waals surface area contributed by atoms with Crippen molar-refractivity contribution >= 4 is 0 Å². The van der Waals surface area contributed by atoms with Gasteiger partial charge >= 0.3 is 6.18 Å². The van der Waals surface area contributed by atoms with Crippen LogP contribution in [0.25, 0.3) is 5.69 Å². The summed E-state index contributed by atoms with van der Waals surface area (Å²) in [7, 11) is 0. The lowest BCUT2D eigenvalue weighted by molar-refractivity contribution is -0.143. The van der Waals surface area contributed by atoms with Crippen molar-refractivity contribution in [2.45, 2.75) is 33.0 Å². The van der Waals surface area contributed by atoms with Gasteiger partial charge in [0, 0.05) is 11.6 Å². The molecule has 0 amide bonds. The van der Waals surface area contributed by atoms with E-state index in [2.05, 4.69) is 5.10 Å². The molecule has 0 aliphatic heterocycles. The van der Waals surface area contributed by atoms with Crippen molar-refractivity contribution in [2.75, 3.05) is 0 Å². The topological polar surface area (TPSA) is 43.8 Å². The maximum atomic E-state index is 13.3. The number of halogens is 3. The molecule has 1 heterocycles. The van der Waals surface area contributed by atoms with Gasteiger partial charge in [0.15, 0.2) is 5.69 Å². The summed E-state index contributed by atoms with van der Waals surface area (Å²) in [6, 6.07) is 4.49. The van der Waals surface area contributed by atoms with E-state index in [9.17, 15) is 13.2 Å². The SMILES string of the molecule is Cc1ccc(-n2ncc(C(C)N)c2C(F)(F)F)c(C)c1. The Hall–Kier alpha value is -1.82. The van der Waals surface area contributed by atoms with Gasteiger partial charge in [-0.1, -0.05) is 17.7 Å². The van der Waals surface area contributed by atoms with Crippen molar-refractivity contribution in [2.24, 2.45) is 5.73 Å². The summed E-state index contributed by atoms with van der Waals surface area (Å²) in [4.78, 5) is 0. The third-order valence-corrected chi connectivity index (χ3v) is 3.14. The zero-order chi connectivity index (χ0) is 15.1. The van der Waals surface area contributed by atoms with Crippen LogP contribution in [0.4, 0.5) is 13.2 Å². The maximum absolute atomic E-state index is 13.3. The highest BCUT2D eigenvalue weighted by atomic mass is 19.4. The van der Waals surface area contributed by atoms with Crippen molar-refractivity contribution in [1.29, 1.82) is 0 Å². The standard InChI is InChI=1S/C14H16F3N3/c1-8-4-5-12(9(2)6-8)20-13(14(15,16)17)11(7-19-20)10(3)18/h4-7,10H,18H2,1-3H3. The third kappa shape index (κ3) is 2.56. The van der Waals surface area contributed by atoms with E-state index >= 15 is 0 Å². The predicted molar refractivity (Wildman–Crippen MR) is 70.6 cm³/mol. The molecule has 6 heteroatoms. The highest BCUT2D eigenvalue weighted by Crippen LogP contribution is 2.36. The first-order valence-corrected chi connectivity index (χ1v) is 6.20. The molecule has 0 bridgehead atoms. The molecule has 0 aliphatic rings. The number of nitrogens with two attached hydrogens (primary N) is 1. The fraction of sp³-hybridized carbons (Fsp3) is 0.357. The summed E-state index contributed by atoms with van der Waals surface area (Å²) in [6.07, 6.45) is -3.32. The summed E-state index contributed by atoms with van der Waals surface area (Å²) in [5.41, 5.74) is 6.93. The molecule has 2 aromatic rings. The van der Waals surface area contributed by atoms with Gasteiger partial charge in [-0.05, 0) is 32.4 Å². The lowest BCUT2D eigenvalue weighted by Gasteiger charge is -2.15. The van der Waals surface area contributed by atoms with Crippen molar-refractivity contribution in [3.8, 4) is 5.69 Å². The minimum absolute atomic E-state index is 0.00234. The fourth-order valence-electron chi connectivity index (χ4n) is 2.20. The second kappa shape index (κ2) is 4.94. The monoisotopic (exact) mass is 283 g/mol. The number of benzene rings is 1. The van der Waals surface area contributed by atoms with E-state index in [0.29, 0.717) is 5.69 Å². The van der Waals surface area contributed by atoms with Gasteiger partial charge in [0.2, 0.25) is 0 Å². The Kier molecular flexibility index (Phi) is 3.60. The van der Waals surface area contributed by atoms with Gasteiger partial charge in [0.25, 0.3) is 0 Å². The second-order valence-corrected chi connectivity index (χ2v) is 4.94. The first kappa shape index (κ1) is 14.6. The first-order chi connectivity index (χ1) is 9.21. The molecular formula is C14H16F3N3. The van der Waals surface area contributed by atoms with Crippen molar-refractivity contribution < 1.29 is 13.2 Å². The van der Waals surface area contributed by atoms with E-state index in [1.165, 1.54) is 13.1 Å². The van der Waals surface area contributed by atoms with E-state index in [4.69, 9.17) is 5.73 Å². The van der Waals surface area contributed by atoms with Crippen molar-refractivity contribution in [3.63, 3.8) is 0 Å². The van der Waals surface area contributed by atoms with Gasteiger partial charge in [0.1, 0.15) is 0 Å². The second-order valence-electron chi connectivity index (χ2n) is 4.94. The molecule has 0 spiro atoms. The van der Waals surface area contributed by atoms with Crippen LogP contribution in [0.15, 0.2) is 24.4 Å². The van der Waals surface area contributed by atoms with Crippen LogP contribution >= 0.6 is 0 Å². The Morgan fingerprint density at radius 3 is 2.40 bits per heavy atom. The average molecular weight is 283 g/mol. The molecule has 1 aromatic heterocycles. The first-order valence-electron chi connectivity index (χ1n) is 6.20. The maximum Gasteiger partial charge on any atom is 0.433 e. The summed E-state index contributed by atoms with van der Waals surface area (Å²) in [6.45, 7) is 5.16. The smallest absolute Gasteiger partial charge is 0.324 e. The van der Waals surface area contributed by atoms with Crippen LogP contribution in [0.1, 0.15) is 35.3 Å². The largest absolute Gasteiger partial charge is 0.433 e. The van der Waals surface area contributed by atoms with Crippen molar-refractivity contribution in [1.82, 2.24) is 9.78 Å². The number of rotatable bonds is 2. The fourth-order valence-corrected chi connectivity index (χ4v) is 2.20. The van der Waals surface area contributed by atoms with Crippen LogP contribution in [-0.4, -0.2) is 9.78 Å². The molecule has 0 aliphatic carbocycles. The van der Waals surface area contributed by atoms with E-state index in [1.54, 1.807) is 19.1 Å². The van der Waals surface area contributed by atoms with Gasteiger partial charge < -0.3 is 5.73 Å². The van der Waals surface area contributed by atoms with Crippen LogP contribution in [-0.2, 0) is 6.18 Å². The quantitative estimate of drug-likeness (QED) is 0.916. The Balaban J connectivity index is 2.69. The van der Waals surface area contributed by atoms with Gasteiger partial charge in [-0.3, -0.25) is 0 Å². The Bertz CT molecular complexity index is 627. The molecule has 0 saturated heterocycles. The highest BCUT2D eigenvalue weighted by Gasteiger charge is 2.39. The number of hydrogen-bond donors (Lipinski definition) is 1. The zero-order valence-electron chi connectivity index (χ0n) is 11.5. The molecule has 3 nitrogen and oxygen atoms in total. The molecule has 0 saturated carbocycles. The van der Waals surface area contributed by atoms with Crippen LogP contribution < -0.4 is 5.73 Å². The highest BCUT2D eigenvalue weighted by molar-refractivity contribution is 5.44. The van der Waals surface area contributed by atoms with Crippen LogP contribution in [0, 0.1) is 13.8 Å². The molecular weight excluding hydrogens is 267 g/mol. The summed E-state index contributed by atoms with van der Waals surface area (Å²) in [5, 5.41) is 3.88. The molecule has 1 unspecified atom stereocenters. The van der Waals surface area contributed by atoms with E-state index in [1.807, 2.05) is 13.0 Å². The molecule has 2 N–H and O–H groups in total. The Labute approximate surface area is 115 Å². The van der Waals surface area contributed by atoms with Gasteiger partial charge in [-0.15, -0.1) is 0 Å². The van der Waals surface area contributed by atoms with Gasteiger partial charge in [0.05, 0.1) is 11.9 Å². The summed E-state index contributed by atoms with van der Waals surface area (Å²) >= 11 is 0. The molecule has 0 fully saturated rings. The Morgan fingerprint density at radius 2 is 1.90 bits per heavy atom. The van der Waals surface area contributed by atoms with Crippen molar-refractivity contribution in [3.05, 3.63) is 46.8 Å². The molecule has 108 valence electrons. The molecule has 2 rings (SSSR count). The summed E-state index contributed by atoms with van der Waals surface area (Å²) in [5.74, 6) is 0. The zero-order valence-corrected chi connectivity index (χ0v) is 11.5. The van der Waals surface area contributed by atoms with Gasteiger partial charge in [-0.2, -0.15) is 18.3 Å². The normalized spacial score (nSPS) is 13.6. The summed E-state index contributed by atoms with van der Waals surface area (Å²) < 4.78 is 40.8. The number of aromatic nitrogens is 2. The van der Waals surface area contributed by atoms with Crippen LogP contribution in [0.3, 0.4) is 0 Å². The van der Waals surface area contributed by atoms with E-state index < -0.39 is 17.9 Å². The van der Waals surface area contributed by atoms with E-state index in [-0.39, 0.29) is 5.56 Å². The van der Waals surface area contributed by atoms with E-state index in [0.717, 1.165) is 15.8 Å².